The molecule has 0 spiro atoms. The molecular formula is C19H24N2O2. The standard InChI is InChI=1S/C19H24N2O2/c22-17-5-4-13-10-21(16-11-20-8-6-12(16)7-9-20)19(23)15-3-1-2-14(17)18(13)15/h1-3,12-13,16-17,22H,4-11H2/t13?,16-,17+/m1/s1. The number of aliphatic hydroxyl groups excluding tert-OH is 1. The molecule has 23 heavy (non-hydrogen) atoms. The van der Waals surface area contributed by atoms with E-state index in [9.17, 15) is 9.90 Å². The van der Waals surface area contributed by atoms with Crippen LogP contribution in [0.3, 0.4) is 0 Å². The van der Waals surface area contributed by atoms with Crippen molar-refractivity contribution in [1.29, 1.82) is 0 Å². The van der Waals surface area contributed by atoms with Crippen LogP contribution in [0, 0.1) is 5.92 Å². The molecule has 3 atom stereocenters. The predicted octanol–water partition coefficient (Wildman–Crippen LogP) is 2.15. The van der Waals surface area contributed by atoms with Gasteiger partial charge in [-0.05, 0) is 61.9 Å². The van der Waals surface area contributed by atoms with Gasteiger partial charge in [-0.15, -0.1) is 0 Å². The molecule has 2 bridgehead atoms. The fourth-order valence-corrected chi connectivity index (χ4v) is 5.41. The highest BCUT2D eigenvalue weighted by Crippen LogP contribution is 2.44. The van der Waals surface area contributed by atoms with Gasteiger partial charge in [-0.1, -0.05) is 12.1 Å². The van der Waals surface area contributed by atoms with Gasteiger partial charge in [-0.2, -0.15) is 0 Å². The Labute approximate surface area is 137 Å². The summed E-state index contributed by atoms with van der Waals surface area (Å²) in [6.07, 6.45) is 3.91. The molecule has 0 radical (unpaired) electrons. The summed E-state index contributed by atoms with van der Waals surface area (Å²) in [6, 6.07) is 6.32. The van der Waals surface area contributed by atoms with Crippen molar-refractivity contribution < 1.29 is 9.90 Å². The van der Waals surface area contributed by atoms with Gasteiger partial charge in [0.15, 0.2) is 0 Å². The van der Waals surface area contributed by atoms with Crippen LogP contribution >= 0.6 is 0 Å². The molecule has 1 aromatic rings. The van der Waals surface area contributed by atoms with Crippen LogP contribution in [0.4, 0.5) is 0 Å². The van der Waals surface area contributed by atoms with Crippen molar-refractivity contribution in [3.05, 3.63) is 34.9 Å². The summed E-state index contributed by atoms with van der Waals surface area (Å²) in [4.78, 5) is 17.9. The molecule has 1 unspecified atom stereocenters. The number of nitrogens with zero attached hydrogens (tertiary/aromatic N) is 2. The molecule has 1 aliphatic carbocycles. The number of carbonyl (C=O) groups excluding carboxylic acids is 1. The molecule has 122 valence electrons. The van der Waals surface area contributed by atoms with Crippen LogP contribution in [0.1, 0.15) is 59.2 Å². The van der Waals surface area contributed by atoms with Crippen LogP contribution < -0.4 is 0 Å². The Morgan fingerprint density at radius 1 is 1.04 bits per heavy atom. The number of aliphatic hydroxyl groups is 1. The van der Waals surface area contributed by atoms with E-state index < -0.39 is 6.10 Å². The lowest BCUT2D eigenvalue weighted by atomic mass is 9.74. The van der Waals surface area contributed by atoms with Crippen molar-refractivity contribution in [1.82, 2.24) is 9.80 Å². The van der Waals surface area contributed by atoms with Gasteiger partial charge >= 0.3 is 0 Å². The van der Waals surface area contributed by atoms with Crippen molar-refractivity contribution in [2.45, 2.75) is 43.7 Å². The van der Waals surface area contributed by atoms with Crippen molar-refractivity contribution in [2.24, 2.45) is 5.92 Å². The fourth-order valence-electron chi connectivity index (χ4n) is 5.41. The van der Waals surface area contributed by atoms with Crippen molar-refractivity contribution in [2.75, 3.05) is 26.2 Å². The average molecular weight is 312 g/mol. The highest BCUT2D eigenvalue weighted by atomic mass is 16.3. The molecule has 5 aliphatic rings. The second-order valence-electron chi connectivity index (χ2n) is 7.76. The van der Waals surface area contributed by atoms with Crippen molar-refractivity contribution in [3.8, 4) is 0 Å². The van der Waals surface area contributed by atoms with E-state index in [-0.39, 0.29) is 5.91 Å². The molecule has 6 rings (SSSR count). The Morgan fingerprint density at radius 3 is 2.61 bits per heavy atom. The topological polar surface area (TPSA) is 43.8 Å². The number of fused-ring (bicyclic) bond motifs is 3. The van der Waals surface area contributed by atoms with E-state index in [0.717, 1.165) is 42.6 Å². The maximum absolute atomic E-state index is 13.2. The first-order chi connectivity index (χ1) is 11.2. The van der Waals surface area contributed by atoms with Crippen LogP contribution in [-0.2, 0) is 0 Å². The molecule has 3 saturated heterocycles. The summed E-state index contributed by atoms with van der Waals surface area (Å²) in [6.45, 7) is 4.32. The van der Waals surface area contributed by atoms with E-state index in [2.05, 4.69) is 9.80 Å². The summed E-state index contributed by atoms with van der Waals surface area (Å²) < 4.78 is 0. The van der Waals surface area contributed by atoms with Gasteiger partial charge in [0.05, 0.1) is 6.10 Å². The molecule has 4 nitrogen and oxygen atoms in total. The Kier molecular flexibility index (Phi) is 3.07. The third kappa shape index (κ3) is 2.01. The summed E-state index contributed by atoms with van der Waals surface area (Å²) in [7, 11) is 0. The maximum Gasteiger partial charge on any atom is 0.254 e. The highest BCUT2D eigenvalue weighted by Gasteiger charge is 2.44. The predicted molar refractivity (Wildman–Crippen MR) is 87.4 cm³/mol. The average Bonchev–Trinajstić information content (AvgIpc) is 2.61. The van der Waals surface area contributed by atoms with Crippen LogP contribution in [0.25, 0.3) is 0 Å². The van der Waals surface area contributed by atoms with E-state index in [1.165, 1.54) is 25.9 Å². The first-order valence-electron chi connectivity index (χ1n) is 9.06. The zero-order chi connectivity index (χ0) is 15.6. The van der Waals surface area contributed by atoms with E-state index in [0.29, 0.717) is 17.9 Å². The Morgan fingerprint density at radius 2 is 1.87 bits per heavy atom. The number of benzene rings is 1. The largest absolute Gasteiger partial charge is 0.388 e. The van der Waals surface area contributed by atoms with Crippen LogP contribution in [0.2, 0.25) is 0 Å². The number of amides is 1. The Balaban J connectivity index is 1.53. The first kappa shape index (κ1) is 14.0. The summed E-state index contributed by atoms with van der Waals surface area (Å²) in [5, 5.41) is 10.3. The molecule has 4 aliphatic heterocycles. The minimum Gasteiger partial charge on any atom is -0.388 e. The molecule has 1 aromatic carbocycles. The lowest BCUT2D eigenvalue weighted by Gasteiger charge is -2.51. The normalized spacial score (nSPS) is 38.6. The molecule has 3 fully saturated rings. The SMILES string of the molecule is O=C1c2cccc3c2C(CC[C@@H]3O)CN1[C@@H]1CN2CCC1CC2. The molecule has 1 amide bonds. The molecule has 1 N–H and O–H groups in total. The van der Waals surface area contributed by atoms with Crippen LogP contribution in [0.15, 0.2) is 18.2 Å². The lowest BCUT2D eigenvalue weighted by molar-refractivity contribution is 0.00143. The van der Waals surface area contributed by atoms with Gasteiger partial charge in [-0.3, -0.25) is 4.79 Å². The number of piperidine rings is 3. The fraction of sp³-hybridized carbons (Fsp3) is 0.632. The summed E-state index contributed by atoms with van der Waals surface area (Å²) in [5.41, 5.74) is 3.00. The quantitative estimate of drug-likeness (QED) is 0.864. The third-order valence-electron chi connectivity index (χ3n) is 6.63. The zero-order valence-electron chi connectivity index (χ0n) is 13.4. The molecule has 0 saturated carbocycles. The first-order valence-corrected chi connectivity index (χ1v) is 9.06. The van der Waals surface area contributed by atoms with E-state index in [1.807, 2.05) is 18.2 Å². The van der Waals surface area contributed by atoms with Crippen molar-refractivity contribution >= 4 is 5.91 Å². The second-order valence-corrected chi connectivity index (χ2v) is 7.76. The van der Waals surface area contributed by atoms with Gasteiger partial charge in [0.1, 0.15) is 0 Å². The molecule has 0 aromatic heterocycles. The third-order valence-corrected chi connectivity index (χ3v) is 6.63. The summed E-state index contributed by atoms with van der Waals surface area (Å²) >= 11 is 0. The number of hydrogen-bond acceptors (Lipinski definition) is 3. The van der Waals surface area contributed by atoms with Gasteiger partial charge in [0.25, 0.3) is 5.91 Å². The Bertz CT molecular complexity index is 651. The smallest absolute Gasteiger partial charge is 0.254 e. The van der Waals surface area contributed by atoms with Gasteiger partial charge in [0.2, 0.25) is 0 Å². The van der Waals surface area contributed by atoms with E-state index >= 15 is 0 Å². The number of carbonyl (C=O) groups is 1. The zero-order valence-corrected chi connectivity index (χ0v) is 13.4. The van der Waals surface area contributed by atoms with Crippen molar-refractivity contribution in [3.63, 3.8) is 0 Å². The minimum absolute atomic E-state index is 0.200. The van der Waals surface area contributed by atoms with E-state index in [1.54, 1.807) is 0 Å². The van der Waals surface area contributed by atoms with E-state index in [4.69, 9.17) is 0 Å². The van der Waals surface area contributed by atoms with Crippen LogP contribution in [-0.4, -0.2) is 53.0 Å². The monoisotopic (exact) mass is 312 g/mol. The van der Waals surface area contributed by atoms with Gasteiger partial charge in [-0.25, -0.2) is 0 Å². The number of hydrogen-bond donors (Lipinski definition) is 1. The molecule has 4 heteroatoms. The van der Waals surface area contributed by atoms with Crippen LogP contribution in [0.5, 0.6) is 0 Å². The summed E-state index contributed by atoms with van der Waals surface area (Å²) in [5.74, 6) is 1.30. The molecule has 4 heterocycles. The lowest BCUT2D eigenvalue weighted by Crippen LogP contribution is -2.60. The minimum atomic E-state index is -0.391. The number of rotatable bonds is 1. The molecular weight excluding hydrogens is 288 g/mol. The van der Waals surface area contributed by atoms with Gasteiger partial charge < -0.3 is 14.9 Å². The Hall–Kier alpha value is -1.39. The second kappa shape index (κ2) is 5.05. The maximum atomic E-state index is 13.2. The van der Waals surface area contributed by atoms with Gasteiger partial charge in [0, 0.05) is 30.6 Å². The highest BCUT2D eigenvalue weighted by molar-refractivity contribution is 5.98.